The molecule has 0 saturated carbocycles. The maximum absolute atomic E-state index is 11.4. The van der Waals surface area contributed by atoms with Crippen molar-refractivity contribution in [1.82, 2.24) is 4.98 Å². The zero-order valence-corrected chi connectivity index (χ0v) is 10.0. The van der Waals surface area contributed by atoms with E-state index in [9.17, 15) is 9.59 Å². The SMILES string of the molecule is CCOC(=O)c1[nH]c(=S)sc1NCC(=O)O. The van der Waals surface area contributed by atoms with E-state index in [1.807, 2.05) is 0 Å². The van der Waals surface area contributed by atoms with E-state index >= 15 is 0 Å². The Morgan fingerprint density at radius 3 is 2.88 bits per heavy atom. The van der Waals surface area contributed by atoms with Crippen LogP contribution in [0.25, 0.3) is 0 Å². The molecule has 0 spiro atoms. The maximum atomic E-state index is 11.4. The molecule has 0 unspecified atom stereocenters. The van der Waals surface area contributed by atoms with E-state index in [2.05, 4.69) is 10.3 Å². The van der Waals surface area contributed by atoms with Crippen molar-refractivity contribution >= 4 is 40.5 Å². The summed E-state index contributed by atoms with van der Waals surface area (Å²) in [5, 5.41) is 11.5. The van der Waals surface area contributed by atoms with Crippen LogP contribution < -0.4 is 5.32 Å². The van der Waals surface area contributed by atoms with Gasteiger partial charge in [-0.05, 0) is 19.1 Å². The summed E-state index contributed by atoms with van der Waals surface area (Å²) < 4.78 is 5.18. The van der Waals surface area contributed by atoms with Crippen LogP contribution in [0.5, 0.6) is 0 Å². The number of rotatable bonds is 5. The highest BCUT2D eigenvalue weighted by Crippen LogP contribution is 2.22. The number of hydrogen-bond acceptors (Lipinski definition) is 6. The second-order valence-corrected chi connectivity index (χ2v) is 4.37. The van der Waals surface area contributed by atoms with Crippen LogP contribution in [0.1, 0.15) is 17.4 Å². The number of carbonyl (C=O) groups is 2. The second kappa shape index (κ2) is 5.61. The normalized spacial score (nSPS) is 9.81. The number of carboxylic acid groups (broad SMARTS) is 1. The molecule has 1 aromatic heterocycles. The minimum atomic E-state index is -1.02. The van der Waals surface area contributed by atoms with Crippen LogP contribution in [-0.4, -0.2) is 35.2 Å². The molecule has 0 aromatic carbocycles. The van der Waals surface area contributed by atoms with Gasteiger partial charge in [-0.3, -0.25) is 4.79 Å². The maximum Gasteiger partial charge on any atom is 0.357 e. The van der Waals surface area contributed by atoms with Crippen molar-refractivity contribution in [3.8, 4) is 0 Å². The first-order valence-electron chi connectivity index (χ1n) is 4.40. The first-order valence-corrected chi connectivity index (χ1v) is 5.63. The number of hydrogen-bond donors (Lipinski definition) is 3. The monoisotopic (exact) mass is 262 g/mol. The van der Waals surface area contributed by atoms with Gasteiger partial charge in [0.1, 0.15) is 11.5 Å². The van der Waals surface area contributed by atoms with Crippen LogP contribution in [0.15, 0.2) is 0 Å². The number of thiazole rings is 1. The quantitative estimate of drug-likeness (QED) is 0.550. The van der Waals surface area contributed by atoms with Crippen LogP contribution in [0.2, 0.25) is 0 Å². The average Bonchev–Trinajstić information content (AvgIpc) is 2.57. The van der Waals surface area contributed by atoms with Gasteiger partial charge < -0.3 is 20.1 Å². The average molecular weight is 262 g/mol. The molecule has 0 fully saturated rings. The molecule has 8 heteroatoms. The van der Waals surface area contributed by atoms with Gasteiger partial charge in [0, 0.05) is 0 Å². The van der Waals surface area contributed by atoms with Crippen molar-refractivity contribution in [3.63, 3.8) is 0 Å². The molecule has 16 heavy (non-hydrogen) atoms. The van der Waals surface area contributed by atoms with Crippen LogP contribution in [0, 0.1) is 3.95 Å². The third kappa shape index (κ3) is 3.31. The minimum Gasteiger partial charge on any atom is -0.480 e. The lowest BCUT2D eigenvalue weighted by Gasteiger charge is -2.03. The van der Waals surface area contributed by atoms with E-state index in [0.29, 0.717) is 8.96 Å². The van der Waals surface area contributed by atoms with Crippen molar-refractivity contribution in [2.45, 2.75) is 6.92 Å². The molecule has 0 aliphatic carbocycles. The molecule has 0 saturated heterocycles. The highest BCUT2D eigenvalue weighted by Gasteiger charge is 2.16. The van der Waals surface area contributed by atoms with Gasteiger partial charge in [-0.15, -0.1) is 0 Å². The van der Waals surface area contributed by atoms with Crippen molar-refractivity contribution in [1.29, 1.82) is 0 Å². The van der Waals surface area contributed by atoms with Crippen LogP contribution in [-0.2, 0) is 9.53 Å². The fraction of sp³-hybridized carbons (Fsp3) is 0.375. The Bertz CT molecular complexity index is 451. The Kier molecular flexibility index (Phi) is 4.44. The molecule has 0 amide bonds. The lowest BCUT2D eigenvalue weighted by molar-refractivity contribution is -0.134. The summed E-state index contributed by atoms with van der Waals surface area (Å²) in [5.74, 6) is -1.57. The third-order valence-corrected chi connectivity index (χ3v) is 2.72. The predicted molar refractivity (Wildman–Crippen MR) is 61.6 cm³/mol. The molecule has 0 bridgehead atoms. The van der Waals surface area contributed by atoms with Gasteiger partial charge >= 0.3 is 11.9 Å². The number of aliphatic carboxylic acids is 1. The number of nitrogens with one attached hydrogen (secondary N) is 2. The van der Waals surface area contributed by atoms with E-state index in [4.69, 9.17) is 22.1 Å². The number of aromatic nitrogens is 1. The van der Waals surface area contributed by atoms with E-state index in [0.717, 1.165) is 11.3 Å². The Morgan fingerprint density at radius 1 is 1.62 bits per heavy atom. The van der Waals surface area contributed by atoms with Crippen LogP contribution in [0.4, 0.5) is 5.00 Å². The molecular formula is C8H10N2O4S2. The predicted octanol–water partition coefficient (Wildman–Crippen LogP) is 1.48. The standard InChI is InChI=1S/C8H10N2O4S2/c1-2-14-7(13)5-6(9-3-4(11)12)16-8(15)10-5/h9H,2-3H2,1H3,(H,10,15)(H,11,12). The topological polar surface area (TPSA) is 91.4 Å². The summed E-state index contributed by atoms with van der Waals surface area (Å²) in [5.41, 5.74) is 0.165. The van der Waals surface area contributed by atoms with E-state index in [-0.39, 0.29) is 18.8 Å². The number of anilines is 1. The van der Waals surface area contributed by atoms with E-state index in [1.54, 1.807) is 6.92 Å². The summed E-state index contributed by atoms with van der Waals surface area (Å²) in [6.45, 7) is 1.65. The Hall–Kier alpha value is -1.41. The largest absolute Gasteiger partial charge is 0.480 e. The van der Waals surface area contributed by atoms with Gasteiger partial charge in [0.05, 0.1) is 6.61 Å². The van der Waals surface area contributed by atoms with Crippen molar-refractivity contribution in [3.05, 3.63) is 9.65 Å². The molecule has 1 aromatic rings. The highest BCUT2D eigenvalue weighted by atomic mass is 32.1. The number of carbonyl (C=O) groups excluding carboxylic acids is 1. The highest BCUT2D eigenvalue weighted by molar-refractivity contribution is 7.73. The molecule has 3 N–H and O–H groups in total. The molecule has 0 aliphatic heterocycles. The van der Waals surface area contributed by atoms with Crippen molar-refractivity contribution in [2.75, 3.05) is 18.5 Å². The lowest BCUT2D eigenvalue weighted by atomic mass is 10.4. The molecule has 0 radical (unpaired) electrons. The number of aromatic amines is 1. The van der Waals surface area contributed by atoms with Crippen molar-refractivity contribution in [2.24, 2.45) is 0 Å². The molecule has 0 atom stereocenters. The Morgan fingerprint density at radius 2 is 2.31 bits per heavy atom. The smallest absolute Gasteiger partial charge is 0.357 e. The van der Waals surface area contributed by atoms with Gasteiger partial charge in [-0.25, -0.2) is 4.79 Å². The van der Waals surface area contributed by atoms with Crippen LogP contribution >= 0.6 is 23.6 Å². The lowest BCUT2D eigenvalue weighted by Crippen LogP contribution is -2.14. The number of esters is 1. The third-order valence-electron chi connectivity index (χ3n) is 1.53. The Balaban J connectivity index is 2.86. The van der Waals surface area contributed by atoms with Gasteiger partial charge in [0.15, 0.2) is 9.65 Å². The number of ether oxygens (including phenoxy) is 1. The zero-order valence-electron chi connectivity index (χ0n) is 8.40. The Labute approximate surface area is 100 Å². The van der Waals surface area contributed by atoms with Crippen LogP contribution in [0.3, 0.4) is 0 Å². The summed E-state index contributed by atoms with van der Waals surface area (Å²) in [6.07, 6.45) is 0. The summed E-state index contributed by atoms with van der Waals surface area (Å²) in [6, 6.07) is 0. The summed E-state index contributed by atoms with van der Waals surface area (Å²) >= 11 is 5.97. The summed E-state index contributed by atoms with van der Waals surface area (Å²) in [7, 11) is 0. The summed E-state index contributed by atoms with van der Waals surface area (Å²) in [4.78, 5) is 24.5. The van der Waals surface area contributed by atoms with Crippen molar-refractivity contribution < 1.29 is 19.4 Å². The minimum absolute atomic E-state index is 0.165. The van der Waals surface area contributed by atoms with Gasteiger partial charge in [0.25, 0.3) is 0 Å². The number of carboxylic acids is 1. The molecule has 6 nitrogen and oxygen atoms in total. The van der Waals surface area contributed by atoms with E-state index in [1.165, 1.54) is 0 Å². The molecule has 0 aliphatic rings. The van der Waals surface area contributed by atoms with Gasteiger partial charge in [-0.1, -0.05) is 11.3 Å². The fourth-order valence-corrected chi connectivity index (χ4v) is 2.03. The molecule has 88 valence electrons. The second-order valence-electron chi connectivity index (χ2n) is 2.69. The fourth-order valence-electron chi connectivity index (χ4n) is 0.955. The number of H-pyrrole nitrogens is 1. The van der Waals surface area contributed by atoms with Gasteiger partial charge in [0.2, 0.25) is 0 Å². The first-order chi connectivity index (χ1) is 7.54. The molecule has 1 rings (SSSR count). The molecule has 1 heterocycles. The zero-order chi connectivity index (χ0) is 12.1. The van der Waals surface area contributed by atoms with E-state index < -0.39 is 11.9 Å². The van der Waals surface area contributed by atoms with Gasteiger partial charge in [-0.2, -0.15) is 0 Å². The molecular weight excluding hydrogens is 252 g/mol. The first kappa shape index (κ1) is 12.7.